The average molecular weight is 499 g/mol. The molecule has 0 aromatic heterocycles. The van der Waals surface area contributed by atoms with Gasteiger partial charge >= 0.3 is 0 Å². The summed E-state index contributed by atoms with van der Waals surface area (Å²) in [7, 11) is 0. The highest BCUT2D eigenvalue weighted by Crippen LogP contribution is 2.62. The van der Waals surface area contributed by atoms with E-state index in [4.69, 9.17) is 16.2 Å². The number of hydrogen-bond acceptors (Lipinski definition) is 4. The van der Waals surface area contributed by atoms with Gasteiger partial charge < -0.3 is 16.2 Å². The van der Waals surface area contributed by atoms with Gasteiger partial charge in [-0.05, 0) is 45.5 Å². The van der Waals surface area contributed by atoms with Crippen LogP contribution in [0.1, 0.15) is 44.1 Å². The minimum Gasteiger partial charge on any atom is -0.457 e. The molecule has 2 unspecified atom stereocenters. The maximum atomic E-state index is 6.69. The molecule has 0 amide bonds. The first-order chi connectivity index (χ1) is 18.2. The summed E-state index contributed by atoms with van der Waals surface area (Å²) in [5.41, 5.74) is 22.2. The molecule has 0 bridgehead atoms. The Kier molecular flexibility index (Phi) is 5.22. The van der Waals surface area contributed by atoms with Crippen LogP contribution in [0, 0.1) is 0 Å². The highest BCUT2D eigenvalue weighted by atomic mass is 32.2. The van der Waals surface area contributed by atoms with E-state index in [0.29, 0.717) is 0 Å². The zero-order chi connectivity index (χ0) is 25.0. The molecule has 5 aromatic rings. The molecular formula is C33H26N2OS. The Morgan fingerprint density at radius 3 is 1.76 bits per heavy atom. The molecular weight excluding hydrogens is 472 g/mol. The fourth-order valence-corrected chi connectivity index (χ4v) is 6.95. The fraction of sp³-hybridized carbons (Fsp3) is 0.0909. The molecule has 0 fully saturated rings. The molecule has 4 heteroatoms. The molecule has 37 heavy (non-hydrogen) atoms. The third kappa shape index (κ3) is 3.30. The molecule has 180 valence electrons. The average Bonchev–Trinajstić information content (AvgIpc) is 3.24. The van der Waals surface area contributed by atoms with E-state index in [0.717, 1.165) is 33.8 Å². The second kappa shape index (κ2) is 8.63. The number of rotatable bonds is 4. The molecule has 0 radical (unpaired) electrons. The van der Waals surface area contributed by atoms with Crippen LogP contribution >= 0.6 is 11.8 Å². The highest BCUT2D eigenvalue weighted by Gasteiger charge is 2.50. The number of hydrogen-bond donors (Lipinski definition) is 2. The molecule has 1 aliphatic heterocycles. The molecule has 2 atom stereocenters. The van der Waals surface area contributed by atoms with E-state index in [1.165, 1.54) is 22.3 Å². The summed E-state index contributed by atoms with van der Waals surface area (Å²) in [6.07, 6.45) is 0. The molecule has 3 nitrogen and oxygen atoms in total. The Bertz CT molecular complexity index is 1590. The van der Waals surface area contributed by atoms with Crippen LogP contribution in [0.5, 0.6) is 11.5 Å². The first-order valence-corrected chi connectivity index (χ1v) is 13.4. The van der Waals surface area contributed by atoms with Gasteiger partial charge in [-0.25, -0.2) is 0 Å². The zero-order valence-electron chi connectivity index (χ0n) is 20.2. The lowest BCUT2D eigenvalue weighted by Gasteiger charge is -2.39. The number of nitrogens with two attached hydrogens (primary N) is 2. The largest absolute Gasteiger partial charge is 0.457 e. The summed E-state index contributed by atoms with van der Waals surface area (Å²) in [5.74, 6) is 1.72. The van der Waals surface area contributed by atoms with Crippen molar-refractivity contribution in [2.45, 2.75) is 16.2 Å². The maximum Gasteiger partial charge on any atom is 0.132 e. The Morgan fingerprint density at radius 1 is 0.514 bits per heavy atom. The van der Waals surface area contributed by atoms with Crippen molar-refractivity contribution in [1.82, 2.24) is 0 Å². The van der Waals surface area contributed by atoms with E-state index in [-0.39, 0.29) is 10.7 Å². The number of thioether (sulfide) groups is 1. The minimum absolute atomic E-state index is 0.214. The van der Waals surface area contributed by atoms with Gasteiger partial charge in [0, 0.05) is 11.1 Å². The summed E-state index contributed by atoms with van der Waals surface area (Å²) >= 11 is 1.54. The molecule has 0 saturated heterocycles. The van der Waals surface area contributed by atoms with Crippen molar-refractivity contribution in [1.29, 1.82) is 0 Å². The van der Waals surface area contributed by atoms with Gasteiger partial charge in [0.2, 0.25) is 0 Å². The van der Waals surface area contributed by atoms with Gasteiger partial charge in [-0.3, -0.25) is 0 Å². The van der Waals surface area contributed by atoms with Crippen LogP contribution in [0.3, 0.4) is 0 Å². The predicted molar refractivity (Wildman–Crippen MR) is 152 cm³/mol. The lowest BCUT2D eigenvalue weighted by atomic mass is 9.66. The van der Waals surface area contributed by atoms with E-state index in [2.05, 4.69) is 84.9 Å². The van der Waals surface area contributed by atoms with Crippen LogP contribution < -0.4 is 16.2 Å². The third-order valence-electron chi connectivity index (χ3n) is 7.62. The normalized spacial score (nSPS) is 15.6. The molecule has 0 saturated carbocycles. The number of ether oxygens (including phenoxy) is 1. The van der Waals surface area contributed by atoms with Crippen LogP contribution in [0.2, 0.25) is 0 Å². The van der Waals surface area contributed by atoms with Crippen LogP contribution in [0.15, 0.2) is 121 Å². The second-order valence-corrected chi connectivity index (χ2v) is 10.9. The lowest BCUT2D eigenvalue weighted by molar-refractivity contribution is 0.435. The molecule has 7 rings (SSSR count). The van der Waals surface area contributed by atoms with Crippen molar-refractivity contribution in [3.63, 3.8) is 0 Å². The van der Waals surface area contributed by atoms with Crippen molar-refractivity contribution < 1.29 is 4.74 Å². The van der Waals surface area contributed by atoms with Gasteiger partial charge in [-0.1, -0.05) is 109 Å². The Morgan fingerprint density at radius 2 is 1.05 bits per heavy atom. The van der Waals surface area contributed by atoms with E-state index in [1.54, 1.807) is 11.8 Å². The topological polar surface area (TPSA) is 61.3 Å². The fourth-order valence-electron chi connectivity index (χ4n) is 6.01. The maximum absolute atomic E-state index is 6.69. The van der Waals surface area contributed by atoms with Gasteiger partial charge in [0.1, 0.15) is 11.5 Å². The van der Waals surface area contributed by atoms with Crippen LogP contribution in [0.4, 0.5) is 0 Å². The van der Waals surface area contributed by atoms with Crippen molar-refractivity contribution in [3.8, 4) is 22.6 Å². The van der Waals surface area contributed by atoms with Crippen LogP contribution in [-0.4, -0.2) is 0 Å². The molecule has 4 N–H and O–H groups in total. The van der Waals surface area contributed by atoms with Crippen molar-refractivity contribution in [2.24, 2.45) is 11.5 Å². The summed E-state index contributed by atoms with van der Waals surface area (Å²) < 4.78 is 6.58. The van der Waals surface area contributed by atoms with Crippen LogP contribution in [-0.2, 0) is 5.41 Å². The Labute approximate surface area is 221 Å². The summed E-state index contributed by atoms with van der Waals surface area (Å²) in [4.78, 5) is 0. The summed E-state index contributed by atoms with van der Waals surface area (Å²) in [5, 5.41) is -0.505. The summed E-state index contributed by atoms with van der Waals surface area (Å²) in [6, 6.07) is 42.4. The van der Waals surface area contributed by atoms with E-state index >= 15 is 0 Å². The number of para-hydroxylation sites is 1. The van der Waals surface area contributed by atoms with Gasteiger partial charge in [0.15, 0.2) is 0 Å². The van der Waals surface area contributed by atoms with E-state index < -0.39 is 5.41 Å². The SMILES string of the molecule is NC(SC(N)c1ccc2c(c1)Oc1ccccc1C21c2ccccc2-c2ccccc21)c1ccccc1. The molecule has 1 heterocycles. The first-order valence-electron chi connectivity index (χ1n) is 12.5. The highest BCUT2D eigenvalue weighted by molar-refractivity contribution is 7.99. The van der Waals surface area contributed by atoms with E-state index in [1.807, 2.05) is 36.4 Å². The first kappa shape index (κ1) is 22.4. The molecule has 5 aromatic carbocycles. The summed E-state index contributed by atoms with van der Waals surface area (Å²) in [6.45, 7) is 0. The minimum atomic E-state index is -0.451. The van der Waals surface area contributed by atoms with Gasteiger partial charge in [-0.15, -0.1) is 11.8 Å². The number of benzene rings is 5. The van der Waals surface area contributed by atoms with Crippen molar-refractivity contribution in [2.75, 3.05) is 0 Å². The quantitative estimate of drug-likeness (QED) is 0.247. The predicted octanol–water partition coefficient (Wildman–Crippen LogP) is 7.50. The second-order valence-electron chi connectivity index (χ2n) is 9.58. The molecule has 1 aliphatic carbocycles. The Hall–Kier alpha value is -3.83. The van der Waals surface area contributed by atoms with Gasteiger partial charge in [0.25, 0.3) is 0 Å². The zero-order valence-corrected chi connectivity index (χ0v) is 21.0. The monoisotopic (exact) mass is 498 g/mol. The molecule has 2 aliphatic rings. The lowest BCUT2D eigenvalue weighted by Crippen LogP contribution is -2.32. The number of fused-ring (bicyclic) bond motifs is 9. The van der Waals surface area contributed by atoms with Crippen LogP contribution in [0.25, 0.3) is 11.1 Å². The van der Waals surface area contributed by atoms with Gasteiger partial charge in [0.05, 0.1) is 16.2 Å². The standard InChI is InChI=1S/C33H26N2OS/c34-31(21-10-2-1-3-11-21)37-32(35)22-18-19-28-30(20-22)36-29-17-9-8-16-27(29)33(28)25-14-6-4-12-23(25)24-13-5-7-15-26(24)33/h1-20,31-32H,34-35H2. The Balaban J connectivity index is 1.39. The van der Waals surface area contributed by atoms with Gasteiger partial charge in [-0.2, -0.15) is 0 Å². The molecule has 1 spiro atoms. The smallest absolute Gasteiger partial charge is 0.132 e. The van der Waals surface area contributed by atoms with Crippen molar-refractivity contribution in [3.05, 3.63) is 155 Å². The van der Waals surface area contributed by atoms with Crippen molar-refractivity contribution >= 4 is 11.8 Å². The third-order valence-corrected chi connectivity index (χ3v) is 8.75. The van der Waals surface area contributed by atoms with E-state index in [9.17, 15) is 0 Å².